The smallest absolute Gasteiger partial charge is 0.0889 e. The molecule has 0 aliphatic heterocycles. The van der Waals surface area contributed by atoms with Crippen LogP contribution in [0.4, 0.5) is 0 Å². The number of benzene rings is 1. The topological polar surface area (TPSA) is 0 Å². The average molecular weight is 183 g/mol. The van der Waals surface area contributed by atoms with E-state index in [-0.39, 0.29) is 0 Å². The molecule has 46 valence electrons. The van der Waals surface area contributed by atoms with E-state index in [1.807, 2.05) is 0 Å². The zero-order valence-corrected chi connectivity index (χ0v) is 6.98. The predicted octanol–water partition coefficient (Wildman–Crippen LogP) is 0.840. The zero-order valence-electron chi connectivity index (χ0n) is 5.39. The van der Waals surface area contributed by atoms with Crippen molar-refractivity contribution in [2.45, 2.75) is 5.33 Å². The molecule has 0 unspecified atom stereocenters. The minimum atomic E-state index is 0.952. The maximum Gasteiger partial charge on any atom is 0.139 e. The van der Waals surface area contributed by atoms with Gasteiger partial charge in [0.15, 0.2) is 0 Å². The first-order valence-electron chi connectivity index (χ1n) is 2.94. The molecule has 0 aromatic heterocycles. The van der Waals surface area contributed by atoms with Crippen LogP contribution < -0.4 is 5.46 Å². The van der Waals surface area contributed by atoms with Gasteiger partial charge < -0.3 is 0 Å². The van der Waals surface area contributed by atoms with Gasteiger partial charge in [-0.05, 0) is 5.56 Å². The summed E-state index contributed by atoms with van der Waals surface area (Å²) in [5, 5.41) is 0.952. The summed E-state index contributed by atoms with van der Waals surface area (Å²) in [5.41, 5.74) is 2.65. The number of hydrogen-bond acceptors (Lipinski definition) is 0. The molecule has 0 heterocycles. The van der Waals surface area contributed by atoms with Crippen molar-refractivity contribution in [3.63, 3.8) is 0 Å². The number of hydrogen-bond donors (Lipinski definition) is 0. The molecule has 0 aliphatic carbocycles. The van der Waals surface area contributed by atoms with Gasteiger partial charge in [-0.1, -0.05) is 45.7 Å². The van der Waals surface area contributed by atoms with Crippen molar-refractivity contribution < 1.29 is 0 Å². The van der Waals surface area contributed by atoms with Crippen LogP contribution >= 0.6 is 15.9 Å². The van der Waals surface area contributed by atoms with Gasteiger partial charge in [0, 0.05) is 5.33 Å². The van der Waals surface area contributed by atoms with E-state index < -0.39 is 0 Å². The van der Waals surface area contributed by atoms with Crippen LogP contribution in [0.15, 0.2) is 24.3 Å². The van der Waals surface area contributed by atoms with Gasteiger partial charge in [0.05, 0.1) is 0 Å². The van der Waals surface area contributed by atoms with Crippen LogP contribution in [-0.2, 0) is 5.33 Å². The summed E-state index contributed by atoms with van der Waals surface area (Å²) in [5.74, 6) is 0. The molecule has 0 amide bonds. The first kappa shape index (κ1) is 6.88. The van der Waals surface area contributed by atoms with Crippen molar-refractivity contribution in [1.29, 1.82) is 0 Å². The van der Waals surface area contributed by atoms with Crippen LogP contribution in [0.25, 0.3) is 0 Å². The molecule has 0 aliphatic rings. The molecule has 1 aromatic rings. The average Bonchev–Trinajstić information content (AvgIpc) is 1.90. The van der Waals surface area contributed by atoms with E-state index in [1.54, 1.807) is 0 Å². The number of halogens is 1. The van der Waals surface area contributed by atoms with Crippen LogP contribution in [0.5, 0.6) is 0 Å². The summed E-state index contributed by atoms with van der Waals surface area (Å²) in [6.07, 6.45) is 0. The maximum atomic E-state index is 3.38. The van der Waals surface area contributed by atoms with Crippen LogP contribution in [-0.4, -0.2) is 7.85 Å². The van der Waals surface area contributed by atoms with Crippen molar-refractivity contribution in [2.75, 3.05) is 0 Å². The Labute approximate surface area is 64.8 Å². The van der Waals surface area contributed by atoms with Crippen molar-refractivity contribution in [1.82, 2.24) is 0 Å². The molecule has 0 spiro atoms. The van der Waals surface area contributed by atoms with E-state index in [0.29, 0.717) is 0 Å². The highest BCUT2D eigenvalue weighted by atomic mass is 79.9. The molecule has 0 bridgehead atoms. The van der Waals surface area contributed by atoms with Gasteiger partial charge in [0.1, 0.15) is 7.85 Å². The van der Waals surface area contributed by atoms with Gasteiger partial charge in [-0.25, -0.2) is 0 Å². The molecule has 2 heteroatoms. The first-order chi connectivity index (χ1) is 4.33. The van der Waals surface area contributed by atoms with Crippen molar-refractivity contribution in [2.24, 2.45) is 0 Å². The SMILES string of the molecule is Bc1ccc(CBr)cc1. The Balaban J connectivity index is 2.88. The van der Waals surface area contributed by atoms with Gasteiger partial charge in [0.25, 0.3) is 0 Å². The molecular weight excluding hydrogens is 175 g/mol. The Bertz CT molecular complexity index is 181. The molecule has 0 radical (unpaired) electrons. The Morgan fingerprint density at radius 2 is 1.78 bits per heavy atom. The summed E-state index contributed by atoms with van der Waals surface area (Å²) >= 11 is 3.38. The summed E-state index contributed by atoms with van der Waals surface area (Å²) in [7, 11) is 2.10. The lowest BCUT2D eigenvalue weighted by atomic mass is 9.96. The third kappa shape index (κ3) is 1.86. The molecule has 0 saturated carbocycles. The van der Waals surface area contributed by atoms with Gasteiger partial charge >= 0.3 is 0 Å². The summed E-state index contributed by atoms with van der Waals surface area (Å²) in [6.45, 7) is 0. The lowest BCUT2D eigenvalue weighted by Gasteiger charge is -1.93. The van der Waals surface area contributed by atoms with Gasteiger partial charge in [-0.15, -0.1) is 0 Å². The zero-order chi connectivity index (χ0) is 6.69. The van der Waals surface area contributed by atoms with E-state index >= 15 is 0 Å². The van der Waals surface area contributed by atoms with E-state index in [2.05, 4.69) is 48.0 Å². The molecule has 9 heavy (non-hydrogen) atoms. The third-order valence-corrected chi connectivity index (χ3v) is 1.92. The van der Waals surface area contributed by atoms with Crippen molar-refractivity contribution >= 4 is 29.2 Å². The second-order valence-corrected chi connectivity index (χ2v) is 2.68. The Hall–Kier alpha value is -0.235. The van der Waals surface area contributed by atoms with Crippen LogP contribution in [0.1, 0.15) is 5.56 Å². The highest BCUT2D eigenvalue weighted by molar-refractivity contribution is 9.08. The third-order valence-electron chi connectivity index (χ3n) is 1.27. The Morgan fingerprint density at radius 3 is 2.22 bits per heavy atom. The normalized spacial score (nSPS) is 9.44. The van der Waals surface area contributed by atoms with Crippen LogP contribution in [0.2, 0.25) is 0 Å². The first-order valence-corrected chi connectivity index (χ1v) is 4.06. The van der Waals surface area contributed by atoms with Crippen LogP contribution in [0, 0.1) is 0 Å². The predicted molar refractivity (Wildman–Crippen MR) is 47.3 cm³/mol. The summed E-state index contributed by atoms with van der Waals surface area (Å²) < 4.78 is 0. The highest BCUT2D eigenvalue weighted by Crippen LogP contribution is 2.01. The van der Waals surface area contributed by atoms with E-state index in [9.17, 15) is 0 Å². The lowest BCUT2D eigenvalue weighted by molar-refractivity contribution is 1.45. The molecule has 0 N–H and O–H groups in total. The van der Waals surface area contributed by atoms with Gasteiger partial charge in [-0.2, -0.15) is 0 Å². The lowest BCUT2D eigenvalue weighted by Crippen LogP contribution is -1.99. The highest BCUT2D eigenvalue weighted by Gasteiger charge is 1.85. The maximum absolute atomic E-state index is 3.38. The van der Waals surface area contributed by atoms with E-state index in [4.69, 9.17) is 0 Å². The number of alkyl halides is 1. The van der Waals surface area contributed by atoms with Crippen LogP contribution in [0.3, 0.4) is 0 Å². The molecular formula is C7H8BBr. The molecule has 0 fully saturated rings. The summed E-state index contributed by atoms with van der Waals surface area (Å²) in [4.78, 5) is 0. The molecule has 1 aromatic carbocycles. The molecule has 0 atom stereocenters. The van der Waals surface area contributed by atoms with E-state index in [1.165, 1.54) is 11.0 Å². The monoisotopic (exact) mass is 182 g/mol. The summed E-state index contributed by atoms with van der Waals surface area (Å²) in [6, 6.07) is 8.50. The largest absolute Gasteiger partial charge is 0.139 e. The molecule has 0 saturated heterocycles. The second-order valence-electron chi connectivity index (χ2n) is 2.12. The second kappa shape index (κ2) is 3.07. The standard InChI is InChI=1S/C7H8BBr/c8-7-3-1-6(5-9)2-4-7/h1-4H,5,8H2. The molecule has 0 nitrogen and oxygen atoms in total. The Morgan fingerprint density at radius 1 is 1.22 bits per heavy atom. The van der Waals surface area contributed by atoms with Crippen molar-refractivity contribution in [3.8, 4) is 0 Å². The fraction of sp³-hybridized carbons (Fsp3) is 0.143. The van der Waals surface area contributed by atoms with Gasteiger partial charge in [-0.3, -0.25) is 0 Å². The molecule has 1 rings (SSSR count). The quantitative estimate of drug-likeness (QED) is 0.446. The minimum Gasteiger partial charge on any atom is -0.0889 e. The van der Waals surface area contributed by atoms with Crippen molar-refractivity contribution in [3.05, 3.63) is 29.8 Å². The number of rotatable bonds is 1. The fourth-order valence-electron chi connectivity index (χ4n) is 0.677. The van der Waals surface area contributed by atoms with Gasteiger partial charge in [0.2, 0.25) is 0 Å². The fourth-order valence-corrected chi connectivity index (χ4v) is 1.05. The Kier molecular flexibility index (Phi) is 2.34. The van der Waals surface area contributed by atoms with E-state index in [0.717, 1.165) is 5.33 Å². The minimum absolute atomic E-state index is 0.952.